The summed E-state index contributed by atoms with van der Waals surface area (Å²) in [6.45, 7) is 6.56. The quantitative estimate of drug-likeness (QED) is 0.639. The van der Waals surface area contributed by atoms with E-state index in [1.165, 1.54) is 0 Å². The van der Waals surface area contributed by atoms with Crippen molar-refractivity contribution in [2.75, 3.05) is 13.2 Å². The number of aliphatic hydroxyl groups is 1. The molecule has 1 aromatic heterocycles. The number of carbonyl (C=O) groups is 1. The predicted octanol–water partition coefficient (Wildman–Crippen LogP) is 5.30. The molecule has 0 saturated carbocycles. The van der Waals surface area contributed by atoms with E-state index in [0.717, 1.165) is 41.5 Å². The highest BCUT2D eigenvalue weighted by atomic mass is 16.6. The third-order valence-electron chi connectivity index (χ3n) is 5.71. The molecule has 3 aromatic rings. The van der Waals surface area contributed by atoms with Gasteiger partial charge < -0.3 is 9.84 Å². The van der Waals surface area contributed by atoms with Crippen LogP contribution in [0.1, 0.15) is 57.0 Å². The summed E-state index contributed by atoms with van der Waals surface area (Å²) in [5.74, 6) is 0. The molecule has 0 amide bonds. The van der Waals surface area contributed by atoms with Gasteiger partial charge in [0.25, 0.3) is 0 Å². The Morgan fingerprint density at radius 2 is 1.83 bits per heavy atom. The Balaban J connectivity index is 1.78. The third kappa shape index (κ3) is 4.00. The van der Waals surface area contributed by atoms with Crippen LogP contribution in [0.4, 0.5) is 4.79 Å². The number of nitrogens with zero attached hydrogens (tertiary/aromatic N) is 2. The van der Waals surface area contributed by atoms with Crippen LogP contribution in [0.2, 0.25) is 0 Å². The molecule has 1 aliphatic heterocycles. The number of para-hydroxylation sites is 1. The van der Waals surface area contributed by atoms with Crippen LogP contribution in [0.15, 0.2) is 60.7 Å². The maximum absolute atomic E-state index is 13.2. The van der Waals surface area contributed by atoms with Crippen LogP contribution < -0.4 is 0 Å². The van der Waals surface area contributed by atoms with Crippen LogP contribution >= 0.6 is 0 Å². The first-order valence-electron chi connectivity index (χ1n) is 10.6. The molecule has 4 rings (SSSR count). The van der Waals surface area contributed by atoms with E-state index in [1.807, 2.05) is 63.2 Å². The standard InChI is InChI=1S/C25H30N2O3/c1-25(2,3)30-24(29)27-20-13-8-7-12-19(20)16-22(27)21-14-9-15-26(21)23(17-28)18-10-5-4-6-11-18/h4-8,10-13,16,21,23,28H,9,14-15,17H2,1-3H3/t21-,23+/m1/s1. The van der Waals surface area contributed by atoms with Crippen LogP contribution in [-0.2, 0) is 4.74 Å². The van der Waals surface area contributed by atoms with E-state index in [4.69, 9.17) is 4.74 Å². The molecule has 1 aliphatic rings. The van der Waals surface area contributed by atoms with Gasteiger partial charge in [0.15, 0.2) is 0 Å². The highest BCUT2D eigenvalue weighted by molar-refractivity contribution is 5.91. The van der Waals surface area contributed by atoms with E-state index in [0.29, 0.717) is 0 Å². The zero-order chi connectivity index (χ0) is 21.3. The number of rotatable bonds is 4. The number of ether oxygens (including phenoxy) is 1. The molecule has 0 spiro atoms. The Hall–Kier alpha value is -2.63. The predicted molar refractivity (Wildman–Crippen MR) is 119 cm³/mol. The Labute approximate surface area is 177 Å². The van der Waals surface area contributed by atoms with Gasteiger partial charge in [-0.15, -0.1) is 0 Å². The van der Waals surface area contributed by atoms with Crippen molar-refractivity contribution in [1.29, 1.82) is 0 Å². The fraction of sp³-hybridized carbons (Fsp3) is 0.400. The Morgan fingerprint density at radius 3 is 2.53 bits per heavy atom. The number of hydrogen-bond acceptors (Lipinski definition) is 4. The van der Waals surface area contributed by atoms with E-state index in [2.05, 4.69) is 23.1 Å². The number of fused-ring (bicyclic) bond motifs is 1. The summed E-state index contributed by atoms with van der Waals surface area (Å²) in [5.41, 5.74) is 2.30. The minimum atomic E-state index is -0.577. The van der Waals surface area contributed by atoms with Crippen molar-refractivity contribution in [3.63, 3.8) is 0 Å². The van der Waals surface area contributed by atoms with Crippen molar-refractivity contribution in [2.24, 2.45) is 0 Å². The van der Waals surface area contributed by atoms with Gasteiger partial charge >= 0.3 is 6.09 Å². The summed E-state index contributed by atoms with van der Waals surface area (Å²) in [6, 6.07) is 20.0. The van der Waals surface area contributed by atoms with Crippen LogP contribution in [0.5, 0.6) is 0 Å². The Morgan fingerprint density at radius 1 is 1.13 bits per heavy atom. The number of aromatic nitrogens is 1. The molecular formula is C25H30N2O3. The number of aliphatic hydroxyl groups excluding tert-OH is 1. The lowest BCUT2D eigenvalue weighted by Crippen LogP contribution is -2.34. The summed E-state index contributed by atoms with van der Waals surface area (Å²) in [4.78, 5) is 15.5. The lowest BCUT2D eigenvalue weighted by molar-refractivity contribution is 0.0524. The monoisotopic (exact) mass is 406 g/mol. The lowest BCUT2D eigenvalue weighted by atomic mass is 10.0. The van der Waals surface area contributed by atoms with Gasteiger partial charge in [-0.2, -0.15) is 0 Å². The fourth-order valence-electron chi connectivity index (χ4n) is 4.49. The van der Waals surface area contributed by atoms with E-state index < -0.39 is 5.60 Å². The van der Waals surface area contributed by atoms with E-state index in [9.17, 15) is 9.90 Å². The van der Waals surface area contributed by atoms with Gasteiger partial charge in [0.2, 0.25) is 0 Å². The third-order valence-corrected chi connectivity index (χ3v) is 5.71. The second-order valence-electron chi connectivity index (χ2n) is 8.95. The van der Waals surface area contributed by atoms with Crippen LogP contribution in [0.3, 0.4) is 0 Å². The SMILES string of the molecule is CC(C)(C)OC(=O)n1c([C@H]2CCCN2[C@@H](CO)c2ccccc2)cc2ccccc21. The second kappa shape index (κ2) is 8.25. The maximum Gasteiger partial charge on any atom is 0.419 e. The molecular weight excluding hydrogens is 376 g/mol. The van der Waals surface area contributed by atoms with Gasteiger partial charge in [-0.25, -0.2) is 9.36 Å². The van der Waals surface area contributed by atoms with Gasteiger partial charge in [-0.05, 0) is 57.9 Å². The largest absolute Gasteiger partial charge is 0.443 e. The minimum absolute atomic E-state index is 0.0299. The molecule has 1 saturated heterocycles. The average Bonchev–Trinajstić information content (AvgIpc) is 3.32. The molecule has 1 fully saturated rings. The molecule has 2 atom stereocenters. The summed E-state index contributed by atoms with van der Waals surface area (Å²) in [6.07, 6.45) is 1.59. The van der Waals surface area contributed by atoms with Crippen molar-refractivity contribution in [3.05, 3.63) is 71.9 Å². The summed E-state index contributed by atoms with van der Waals surface area (Å²) < 4.78 is 7.48. The first-order chi connectivity index (χ1) is 14.4. The number of hydrogen-bond donors (Lipinski definition) is 1. The van der Waals surface area contributed by atoms with E-state index in [-0.39, 0.29) is 24.8 Å². The van der Waals surface area contributed by atoms with Crippen molar-refractivity contribution in [3.8, 4) is 0 Å². The highest BCUT2D eigenvalue weighted by Gasteiger charge is 2.36. The first-order valence-corrected chi connectivity index (χ1v) is 10.6. The van der Waals surface area contributed by atoms with Gasteiger partial charge in [-0.3, -0.25) is 4.90 Å². The van der Waals surface area contributed by atoms with E-state index >= 15 is 0 Å². The molecule has 1 N–H and O–H groups in total. The highest BCUT2D eigenvalue weighted by Crippen LogP contribution is 2.40. The van der Waals surface area contributed by atoms with Gasteiger partial charge in [0, 0.05) is 11.1 Å². The maximum atomic E-state index is 13.2. The van der Waals surface area contributed by atoms with Gasteiger partial charge in [0.05, 0.1) is 24.2 Å². The normalized spacial score (nSPS) is 18.6. The average molecular weight is 407 g/mol. The number of benzene rings is 2. The molecule has 5 heteroatoms. The van der Waals surface area contributed by atoms with Crippen LogP contribution in [0, 0.1) is 0 Å². The Kier molecular flexibility index (Phi) is 5.67. The first kappa shape index (κ1) is 20.6. The summed E-state index contributed by atoms with van der Waals surface area (Å²) in [5, 5.41) is 11.3. The van der Waals surface area contributed by atoms with Crippen LogP contribution in [-0.4, -0.2) is 39.4 Å². The molecule has 0 unspecified atom stereocenters. The molecule has 0 bridgehead atoms. The lowest BCUT2D eigenvalue weighted by Gasteiger charge is -2.33. The summed E-state index contributed by atoms with van der Waals surface area (Å²) in [7, 11) is 0. The Bertz CT molecular complexity index is 1020. The molecule has 0 aliphatic carbocycles. The smallest absolute Gasteiger partial charge is 0.419 e. The van der Waals surface area contributed by atoms with Crippen molar-refractivity contribution >= 4 is 17.0 Å². The van der Waals surface area contributed by atoms with Crippen LogP contribution in [0.25, 0.3) is 10.9 Å². The van der Waals surface area contributed by atoms with Crippen molar-refractivity contribution < 1.29 is 14.6 Å². The van der Waals surface area contributed by atoms with E-state index in [1.54, 1.807) is 4.57 Å². The van der Waals surface area contributed by atoms with Gasteiger partial charge in [-0.1, -0.05) is 48.5 Å². The minimum Gasteiger partial charge on any atom is -0.443 e. The zero-order valence-electron chi connectivity index (χ0n) is 17.9. The molecule has 0 radical (unpaired) electrons. The second-order valence-corrected chi connectivity index (χ2v) is 8.95. The molecule has 30 heavy (non-hydrogen) atoms. The topological polar surface area (TPSA) is 54.7 Å². The number of likely N-dealkylation sites (tertiary alicyclic amines) is 1. The molecule has 5 nitrogen and oxygen atoms in total. The summed E-state index contributed by atoms with van der Waals surface area (Å²) >= 11 is 0. The molecule has 158 valence electrons. The van der Waals surface area contributed by atoms with Gasteiger partial charge in [0.1, 0.15) is 5.60 Å². The number of carbonyl (C=O) groups excluding carboxylic acids is 1. The van der Waals surface area contributed by atoms with Crippen molar-refractivity contribution in [2.45, 2.75) is 51.3 Å². The van der Waals surface area contributed by atoms with Crippen molar-refractivity contribution in [1.82, 2.24) is 9.47 Å². The molecule has 2 heterocycles. The molecule has 2 aromatic carbocycles. The zero-order valence-corrected chi connectivity index (χ0v) is 17.9. The fourth-order valence-corrected chi connectivity index (χ4v) is 4.49.